The van der Waals surface area contributed by atoms with Crippen LogP contribution >= 0.6 is 0 Å². The summed E-state index contributed by atoms with van der Waals surface area (Å²) in [4.78, 5) is 0. The topological polar surface area (TPSA) is 27.7 Å². The van der Waals surface area contributed by atoms with Crippen molar-refractivity contribution in [3.8, 4) is 0 Å². The molecule has 0 saturated heterocycles. The third-order valence-corrected chi connectivity index (χ3v) is 5.18. The fourth-order valence-electron chi connectivity index (χ4n) is 1.59. The van der Waals surface area contributed by atoms with Gasteiger partial charge in [-0.2, -0.15) is 0 Å². The molecule has 0 radical (unpaired) electrons. The fourth-order valence-corrected chi connectivity index (χ4v) is 4.08. The molecule has 0 bridgehead atoms. The van der Waals surface area contributed by atoms with E-state index >= 15 is 0 Å². The average molecular weight is 270 g/mol. The first kappa shape index (κ1) is 17.3. The van der Waals surface area contributed by atoms with E-state index in [1.807, 2.05) is 65.0 Å². The highest BCUT2D eigenvalue weighted by molar-refractivity contribution is 6.75. The first-order chi connectivity index (χ1) is 8.79. The third kappa shape index (κ3) is 4.90. The summed E-state index contributed by atoms with van der Waals surface area (Å²) < 4.78 is 17.4. The van der Waals surface area contributed by atoms with Gasteiger partial charge in [0.05, 0.1) is 0 Å². The molecule has 0 aliphatic rings. The minimum atomic E-state index is -2.67. The molecule has 0 aliphatic carbocycles. The molecule has 0 atom stereocenters. The molecule has 0 aromatic heterocycles. The van der Waals surface area contributed by atoms with Crippen LogP contribution in [0.5, 0.6) is 0 Å². The van der Waals surface area contributed by atoms with Crippen LogP contribution in [0.25, 0.3) is 0 Å². The molecule has 18 heavy (non-hydrogen) atoms. The van der Waals surface area contributed by atoms with Crippen molar-refractivity contribution in [2.24, 2.45) is 0 Å². The van der Waals surface area contributed by atoms with Gasteiger partial charge in [0, 0.05) is 25.0 Å². The van der Waals surface area contributed by atoms with Crippen molar-refractivity contribution in [2.75, 3.05) is 19.8 Å². The molecule has 1 rings (SSSR count). The summed E-state index contributed by atoms with van der Waals surface area (Å²) >= 11 is 0. The highest BCUT2D eigenvalue weighted by Crippen LogP contribution is 2.10. The maximum Gasteiger partial charge on any atom is 0.537 e. The van der Waals surface area contributed by atoms with Gasteiger partial charge >= 0.3 is 8.80 Å². The first-order valence-corrected chi connectivity index (χ1v) is 8.49. The van der Waals surface area contributed by atoms with Crippen molar-refractivity contribution in [1.29, 1.82) is 0 Å². The first-order valence-electron chi connectivity index (χ1n) is 6.76. The Morgan fingerprint density at radius 2 is 1.17 bits per heavy atom. The van der Waals surface area contributed by atoms with E-state index in [9.17, 15) is 0 Å². The minimum absolute atomic E-state index is 0.598. The normalized spacial score (nSPS) is 10.7. The van der Waals surface area contributed by atoms with Gasteiger partial charge in [-0.25, -0.2) is 0 Å². The van der Waals surface area contributed by atoms with E-state index in [-0.39, 0.29) is 0 Å². The molecule has 0 aliphatic heterocycles. The molecule has 3 nitrogen and oxygen atoms in total. The Bertz CT molecular complexity index is 273. The van der Waals surface area contributed by atoms with Gasteiger partial charge in [0.15, 0.2) is 0 Å². The molecule has 4 heteroatoms. The van der Waals surface area contributed by atoms with Crippen LogP contribution in [-0.4, -0.2) is 28.6 Å². The number of hydrogen-bond donors (Lipinski definition) is 0. The van der Waals surface area contributed by atoms with E-state index in [1.54, 1.807) is 0 Å². The molecule has 104 valence electrons. The second kappa shape index (κ2) is 10.3. The molecule has 0 heterocycles. The Balaban J connectivity index is 0.00000137. The lowest BCUT2D eigenvalue weighted by Gasteiger charge is -2.28. The summed E-state index contributed by atoms with van der Waals surface area (Å²) in [5, 5.41) is 1.03. The molecule has 0 spiro atoms. The van der Waals surface area contributed by atoms with E-state index in [0.717, 1.165) is 5.19 Å². The summed E-state index contributed by atoms with van der Waals surface area (Å²) in [7, 11) is -2.67. The van der Waals surface area contributed by atoms with Crippen LogP contribution in [0.3, 0.4) is 0 Å². The zero-order valence-corrected chi connectivity index (χ0v) is 13.2. The number of hydrogen-bond acceptors (Lipinski definition) is 3. The summed E-state index contributed by atoms with van der Waals surface area (Å²) in [6, 6.07) is 9.95. The van der Waals surface area contributed by atoms with E-state index in [0.29, 0.717) is 19.8 Å². The maximum absolute atomic E-state index is 5.79. The Morgan fingerprint density at radius 1 is 0.778 bits per heavy atom. The highest BCUT2D eigenvalue weighted by Gasteiger charge is 2.42. The van der Waals surface area contributed by atoms with Crippen LogP contribution in [0.2, 0.25) is 0 Å². The quantitative estimate of drug-likeness (QED) is 0.713. The third-order valence-electron chi connectivity index (χ3n) is 2.13. The zero-order chi connectivity index (χ0) is 13.9. The predicted molar refractivity (Wildman–Crippen MR) is 78.1 cm³/mol. The van der Waals surface area contributed by atoms with Gasteiger partial charge in [-0.05, 0) is 20.8 Å². The van der Waals surface area contributed by atoms with Crippen molar-refractivity contribution >= 4 is 14.0 Å². The van der Waals surface area contributed by atoms with Gasteiger partial charge in [-0.15, -0.1) is 0 Å². The van der Waals surface area contributed by atoms with Gasteiger partial charge in [-0.1, -0.05) is 44.2 Å². The molecule has 1 aromatic carbocycles. The average Bonchev–Trinajstić information content (AvgIpc) is 2.43. The van der Waals surface area contributed by atoms with Crippen molar-refractivity contribution in [3.05, 3.63) is 30.3 Å². The summed E-state index contributed by atoms with van der Waals surface area (Å²) in [6.45, 7) is 11.7. The SMILES string of the molecule is CC.CCO[Si](OCC)(OCC)c1ccccc1. The lowest BCUT2D eigenvalue weighted by Crippen LogP contribution is -2.56. The number of rotatable bonds is 7. The molecular formula is C14H26O3Si. The van der Waals surface area contributed by atoms with Crippen molar-refractivity contribution in [2.45, 2.75) is 34.6 Å². The lowest BCUT2D eigenvalue weighted by atomic mass is 10.4. The Morgan fingerprint density at radius 3 is 1.50 bits per heavy atom. The van der Waals surface area contributed by atoms with E-state index in [4.69, 9.17) is 13.3 Å². The van der Waals surface area contributed by atoms with Crippen LogP contribution in [0.4, 0.5) is 0 Å². The van der Waals surface area contributed by atoms with E-state index in [2.05, 4.69) is 0 Å². The highest BCUT2D eigenvalue weighted by atomic mass is 28.4. The largest absolute Gasteiger partial charge is 0.537 e. The van der Waals surface area contributed by atoms with Crippen LogP contribution in [0.1, 0.15) is 34.6 Å². The van der Waals surface area contributed by atoms with Gasteiger partial charge < -0.3 is 13.3 Å². The molecule has 0 amide bonds. The Labute approximate surface area is 112 Å². The fraction of sp³-hybridized carbons (Fsp3) is 0.571. The van der Waals surface area contributed by atoms with Crippen LogP contribution in [0, 0.1) is 0 Å². The van der Waals surface area contributed by atoms with E-state index in [1.165, 1.54) is 0 Å². The van der Waals surface area contributed by atoms with Crippen molar-refractivity contribution in [1.82, 2.24) is 0 Å². The van der Waals surface area contributed by atoms with Crippen LogP contribution in [-0.2, 0) is 13.3 Å². The second-order valence-corrected chi connectivity index (χ2v) is 5.78. The number of benzene rings is 1. The Hall–Kier alpha value is -0.683. The smallest absolute Gasteiger partial charge is 0.370 e. The second-order valence-electron chi connectivity index (χ2n) is 3.22. The lowest BCUT2D eigenvalue weighted by molar-refractivity contribution is 0.0859. The summed E-state index contributed by atoms with van der Waals surface area (Å²) in [5.74, 6) is 0. The van der Waals surface area contributed by atoms with Crippen LogP contribution < -0.4 is 5.19 Å². The van der Waals surface area contributed by atoms with Crippen molar-refractivity contribution < 1.29 is 13.3 Å². The molecular weight excluding hydrogens is 244 g/mol. The van der Waals surface area contributed by atoms with Gasteiger partial charge in [0.1, 0.15) is 0 Å². The van der Waals surface area contributed by atoms with Gasteiger partial charge in [0.25, 0.3) is 0 Å². The molecule has 0 N–H and O–H groups in total. The minimum Gasteiger partial charge on any atom is -0.370 e. The molecule has 1 aromatic rings. The van der Waals surface area contributed by atoms with E-state index < -0.39 is 8.80 Å². The Kier molecular flexibility index (Phi) is 9.87. The summed E-state index contributed by atoms with van der Waals surface area (Å²) in [5.41, 5.74) is 0. The standard InChI is InChI=1S/C12H20O3Si.C2H6/c1-4-13-16(14-5-2,15-6-3)12-10-8-7-9-11-12;1-2/h7-11H,4-6H2,1-3H3;1-2H3. The zero-order valence-electron chi connectivity index (χ0n) is 12.2. The van der Waals surface area contributed by atoms with Gasteiger partial charge in [0.2, 0.25) is 0 Å². The monoisotopic (exact) mass is 270 g/mol. The van der Waals surface area contributed by atoms with Gasteiger partial charge in [-0.3, -0.25) is 0 Å². The predicted octanol–water partition coefficient (Wildman–Crippen LogP) is 2.97. The molecule has 0 saturated carbocycles. The maximum atomic E-state index is 5.79. The summed E-state index contributed by atoms with van der Waals surface area (Å²) in [6.07, 6.45) is 0. The van der Waals surface area contributed by atoms with Crippen molar-refractivity contribution in [3.63, 3.8) is 0 Å². The molecule has 0 fully saturated rings. The van der Waals surface area contributed by atoms with Crippen LogP contribution in [0.15, 0.2) is 30.3 Å². The molecule has 0 unspecified atom stereocenters.